The molecule has 0 spiro atoms. The van der Waals surface area contributed by atoms with E-state index in [9.17, 15) is 9.59 Å². The van der Waals surface area contributed by atoms with Crippen LogP contribution < -0.4 is 20.1 Å². The second kappa shape index (κ2) is 7.68. The summed E-state index contributed by atoms with van der Waals surface area (Å²) in [4.78, 5) is 23.6. The Balaban J connectivity index is 2.57. The molecule has 1 aromatic carbocycles. The van der Waals surface area contributed by atoms with Crippen molar-refractivity contribution < 1.29 is 19.1 Å². The van der Waals surface area contributed by atoms with Gasteiger partial charge in [0.1, 0.15) is 11.5 Å². The number of benzene rings is 1. The lowest BCUT2D eigenvalue weighted by molar-refractivity contribution is -0.126. The second-order valence-electron chi connectivity index (χ2n) is 5.93. The molecule has 0 bridgehead atoms. The fourth-order valence-electron chi connectivity index (χ4n) is 1.87. The van der Waals surface area contributed by atoms with E-state index in [0.717, 1.165) is 5.56 Å². The maximum atomic E-state index is 11.9. The predicted molar refractivity (Wildman–Crippen MR) is 84.2 cm³/mol. The monoisotopic (exact) mass is 308 g/mol. The first-order chi connectivity index (χ1) is 10.2. The lowest BCUT2D eigenvalue weighted by atomic mass is 10.1. The van der Waals surface area contributed by atoms with Gasteiger partial charge in [-0.2, -0.15) is 0 Å². The fraction of sp³-hybridized carbons (Fsp3) is 0.500. The summed E-state index contributed by atoms with van der Waals surface area (Å²) >= 11 is 0. The van der Waals surface area contributed by atoms with Gasteiger partial charge in [-0.15, -0.1) is 0 Å². The van der Waals surface area contributed by atoms with Crippen LogP contribution in [0, 0.1) is 0 Å². The van der Waals surface area contributed by atoms with Crippen molar-refractivity contribution in [2.24, 2.45) is 0 Å². The van der Waals surface area contributed by atoms with Crippen LogP contribution in [-0.2, 0) is 16.0 Å². The van der Waals surface area contributed by atoms with Crippen molar-refractivity contribution in [3.05, 3.63) is 23.8 Å². The summed E-state index contributed by atoms with van der Waals surface area (Å²) in [5.41, 5.74) is 0.415. The van der Waals surface area contributed by atoms with Gasteiger partial charge in [-0.25, -0.2) is 0 Å². The van der Waals surface area contributed by atoms with E-state index in [1.807, 2.05) is 20.8 Å². The van der Waals surface area contributed by atoms with Gasteiger partial charge in [0.15, 0.2) is 0 Å². The average molecular weight is 308 g/mol. The van der Waals surface area contributed by atoms with Gasteiger partial charge >= 0.3 is 0 Å². The lowest BCUT2D eigenvalue weighted by Gasteiger charge is -2.20. The van der Waals surface area contributed by atoms with Gasteiger partial charge in [0, 0.05) is 17.2 Å². The normalized spacial score (nSPS) is 10.8. The molecule has 0 aliphatic carbocycles. The molecule has 0 heterocycles. The zero-order valence-corrected chi connectivity index (χ0v) is 13.8. The van der Waals surface area contributed by atoms with Gasteiger partial charge in [0.05, 0.1) is 27.2 Å². The topological polar surface area (TPSA) is 76.7 Å². The summed E-state index contributed by atoms with van der Waals surface area (Å²) in [6, 6.07) is 5.25. The van der Waals surface area contributed by atoms with Crippen molar-refractivity contribution in [2.75, 3.05) is 20.8 Å². The van der Waals surface area contributed by atoms with Crippen molar-refractivity contribution in [3.63, 3.8) is 0 Å². The molecule has 2 N–H and O–H groups in total. The number of ether oxygens (including phenoxy) is 2. The largest absolute Gasteiger partial charge is 0.497 e. The number of hydrogen-bond donors (Lipinski definition) is 2. The highest BCUT2D eigenvalue weighted by molar-refractivity contribution is 5.86. The molecule has 0 saturated carbocycles. The third-order valence-corrected chi connectivity index (χ3v) is 2.81. The summed E-state index contributed by atoms with van der Waals surface area (Å²) in [5.74, 6) is 0.772. The SMILES string of the molecule is COc1ccc(CC(=O)NCC(=O)NC(C)(C)C)c(OC)c1. The minimum atomic E-state index is -0.318. The second-order valence-corrected chi connectivity index (χ2v) is 5.93. The molecule has 0 aliphatic heterocycles. The first-order valence-electron chi connectivity index (χ1n) is 7.04. The van der Waals surface area contributed by atoms with Crippen molar-refractivity contribution in [1.29, 1.82) is 0 Å². The molecule has 2 amide bonds. The summed E-state index contributed by atoms with van der Waals surface area (Å²) < 4.78 is 10.3. The molecule has 0 saturated heterocycles. The number of hydrogen-bond acceptors (Lipinski definition) is 4. The third kappa shape index (κ3) is 6.03. The van der Waals surface area contributed by atoms with Crippen molar-refractivity contribution in [1.82, 2.24) is 10.6 Å². The Morgan fingerprint density at radius 1 is 1.09 bits per heavy atom. The number of nitrogens with one attached hydrogen (secondary N) is 2. The van der Waals surface area contributed by atoms with Crippen molar-refractivity contribution in [2.45, 2.75) is 32.7 Å². The van der Waals surface area contributed by atoms with E-state index < -0.39 is 0 Å². The average Bonchev–Trinajstić information content (AvgIpc) is 2.43. The van der Waals surface area contributed by atoms with Crippen LogP contribution in [0.2, 0.25) is 0 Å². The zero-order chi connectivity index (χ0) is 16.8. The van der Waals surface area contributed by atoms with E-state index in [0.29, 0.717) is 11.5 Å². The standard InChI is InChI=1S/C16H24N2O4/c1-16(2,3)18-15(20)10-17-14(19)8-11-6-7-12(21-4)9-13(11)22-5/h6-7,9H,8,10H2,1-5H3,(H,17,19)(H,18,20). The molecule has 0 fully saturated rings. The van der Waals surface area contributed by atoms with Gasteiger partial charge in [-0.1, -0.05) is 6.07 Å². The maximum Gasteiger partial charge on any atom is 0.239 e. The molecule has 1 aromatic rings. The van der Waals surface area contributed by atoms with Gasteiger partial charge < -0.3 is 20.1 Å². The number of carbonyl (C=O) groups excluding carboxylic acids is 2. The molecule has 6 nitrogen and oxygen atoms in total. The Bertz CT molecular complexity index is 535. The molecule has 6 heteroatoms. The highest BCUT2D eigenvalue weighted by atomic mass is 16.5. The molecule has 22 heavy (non-hydrogen) atoms. The lowest BCUT2D eigenvalue weighted by Crippen LogP contribution is -2.46. The molecule has 0 aromatic heterocycles. The molecule has 122 valence electrons. The molecule has 1 rings (SSSR count). The summed E-state index contributed by atoms with van der Waals surface area (Å²) in [7, 11) is 3.10. The van der Waals surface area contributed by atoms with Crippen LogP contribution in [0.5, 0.6) is 11.5 Å². The highest BCUT2D eigenvalue weighted by Gasteiger charge is 2.15. The van der Waals surface area contributed by atoms with Gasteiger partial charge in [-0.3, -0.25) is 9.59 Å². The van der Waals surface area contributed by atoms with Crippen LogP contribution in [0.3, 0.4) is 0 Å². The predicted octanol–water partition coefficient (Wildman–Crippen LogP) is 1.28. The first-order valence-corrected chi connectivity index (χ1v) is 7.04. The Hall–Kier alpha value is -2.24. The van der Waals surface area contributed by atoms with E-state index in [-0.39, 0.29) is 30.3 Å². The van der Waals surface area contributed by atoms with Crippen LogP contribution in [0.25, 0.3) is 0 Å². The summed E-state index contributed by atoms with van der Waals surface area (Å²) in [6.07, 6.45) is 0.135. The van der Waals surface area contributed by atoms with Gasteiger partial charge in [-0.05, 0) is 26.8 Å². The molecule has 0 atom stereocenters. The molecular weight excluding hydrogens is 284 g/mol. The number of methoxy groups -OCH3 is 2. The quantitative estimate of drug-likeness (QED) is 0.830. The van der Waals surface area contributed by atoms with Crippen LogP contribution in [0.4, 0.5) is 0 Å². The van der Waals surface area contributed by atoms with E-state index in [1.54, 1.807) is 25.3 Å². The Morgan fingerprint density at radius 2 is 1.77 bits per heavy atom. The van der Waals surface area contributed by atoms with Gasteiger partial charge in [0.25, 0.3) is 0 Å². The van der Waals surface area contributed by atoms with E-state index >= 15 is 0 Å². The van der Waals surface area contributed by atoms with Crippen LogP contribution in [-0.4, -0.2) is 38.1 Å². The Kier molecular flexibility index (Phi) is 6.22. The van der Waals surface area contributed by atoms with Gasteiger partial charge in [0.2, 0.25) is 11.8 Å². The Labute approximate surface area is 131 Å². The zero-order valence-electron chi connectivity index (χ0n) is 13.8. The molecule has 0 unspecified atom stereocenters. The fourth-order valence-corrected chi connectivity index (χ4v) is 1.87. The summed E-state index contributed by atoms with van der Waals surface area (Å²) in [6.45, 7) is 5.60. The Morgan fingerprint density at radius 3 is 2.32 bits per heavy atom. The minimum Gasteiger partial charge on any atom is -0.497 e. The third-order valence-electron chi connectivity index (χ3n) is 2.81. The van der Waals surface area contributed by atoms with Crippen molar-refractivity contribution >= 4 is 11.8 Å². The smallest absolute Gasteiger partial charge is 0.239 e. The molecular formula is C16H24N2O4. The number of carbonyl (C=O) groups is 2. The van der Waals surface area contributed by atoms with Crippen LogP contribution in [0.15, 0.2) is 18.2 Å². The van der Waals surface area contributed by atoms with Crippen molar-refractivity contribution in [3.8, 4) is 11.5 Å². The molecule has 0 radical (unpaired) electrons. The molecule has 0 aliphatic rings. The van der Waals surface area contributed by atoms with E-state index in [2.05, 4.69) is 10.6 Å². The first kappa shape index (κ1) is 17.8. The number of rotatable bonds is 6. The van der Waals surface area contributed by atoms with E-state index in [4.69, 9.17) is 9.47 Å². The van der Waals surface area contributed by atoms with Crippen LogP contribution in [0.1, 0.15) is 26.3 Å². The number of amides is 2. The highest BCUT2D eigenvalue weighted by Crippen LogP contribution is 2.24. The maximum absolute atomic E-state index is 11.9. The minimum absolute atomic E-state index is 0.0471. The van der Waals surface area contributed by atoms with E-state index in [1.165, 1.54) is 7.11 Å². The summed E-state index contributed by atoms with van der Waals surface area (Å²) in [5, 5.41) is 5.38. The van der Waals surface area contributed by atoms with Crippen LogP contribution >= 0.6 is 0 Å².